The number of aromatic nitrogens is 8. The summed E-state index contributed by atoms with van der Waals surface area (Å²) in [7, 11) is 0. The van der Waals surface area contributed by atoms with Crippen LogP contribution >= 0.6 is 0 Å². The van der Waals surface area contributed by atoms with Crippen LogP contribution in [0, 0.1) is 47.3 Å². The van der Waals surface area contributed by atoms with Crippen molar-refractivity contribution in [1.29, 1.82) is 0 Å². The Labute approximate surface area is 483 Å². The van der Waals surface area contributed by atoms with Crippen molar-refractivity contribution in [3.05, 3.63) is 97.1 Å². The number of rotatable bonds is 0. The summed E-state index contributed by atoms with van der Waals surface area (Å²) in [4.78, 5) is 39.3. The van der Waals surface area contributed by atoms with Crippen molar-refractivity contribution in [2.45, 2.75) is 152 Å². The van der Waals surface area contributed by atoms with Crippen LogP contribution in [0.25, 0.3) is 89.7 Å². The summed E-state index contributed by atoms with van der Waals surface area (Å²) in [5.74, 6) is 8.18. The molecule has 0 spiro atoms. The van der Waals surface area contributed by atoms with Crippen LogP contribution in [0.15, 0.2) is 97.1 Å². The Balaban J connectivity index is 0.000000132. The van der Waals surface area contributed by atoms with Crippen LogP contribution in [0.1, 0.15) is 103 Å². The van der Waals surface area contributed by atoms with Gasteiger partial charge in [-0.25, -0.2) is 9.97 Å². The van der Waals surface area contributed by atoms with Gasteiger partial charge >= 0.3 is 17.1 Å². The third kappa shape index (κ3) is 8.82. The van der Waals surface area contributed by atoms with Gasteiger partial charge in [0.1, 0.15) is 0 Å². The predicted octanol–water partition coefficient (Wildman–Crippen LogP) is 8.73. The molecular weight excluding hydrogens is 1060 g/mol. The van der Waals surface area contributed by atoms with Gasteiger partial charge in [-0.3, -0.25) is 42.5 Å². The van der Waals surface area contributed by atoms with E-state index >= 15 is 0 Å². The van der Waals surface area contributed by atoms with E-state index in [4.69, 9.17) is 39.9 Å². The number of nitrogens with zero attached hydrogens (tertiary/aromatic N) is 8. The molecule has 7 aliphatic heterocycles. The fraction of sp³-hybridized carbons (Fsp3) is 0.500. The maximum Gasteiger partial charge on any atom is 2.00 e. The monoisotopic (exact) mass is 1130 g/mol. The van der Waals surface area contributed by atoms with Gasteiger partial charge in [-0.1, -0.05) is 148 Å². The second-order valence-electron chi connectivity index (χ2n) is 25.3. The van der Waals surface area contributed by atoms with E-state index in [0.29, 0.717) is 95.2 Å². The molecule has 4 saturated carbocycles. The topological polar surface area (TPSA) is 202 Å². The van der Waals surface area contributed by atoms with Crippen molar-refractivity contribution < 1.29 is 17.1 Å². The van der Waals surface area contributed by atoms with E-state index in [1.165, 1.54) is 103 Å². The standard InChI is InChI=1S/C32H56N8.C32H16N8.Cu/c2*1-2-10-18-17(9-1)25-33-26(18)38-28-21-13-5-6-14-22(21)30(35-28)40-32-24-16-8-7-15-23(24)31(36-32)39-29-20-12-4-3-11-19(20)27(34-29)37-25;/h17-40H,1-16H2;1-16H;/q;-2;+2. The van der Waals surface area contributed by atoms with Gasteiger partial charge < -0.3 is 29.9 Å². The molecule has 10 heterocycles. The van der Waals surface area contributed by atoms with Crippen LogP contribution in [0.4, 0.5) is 0 Å². The molecule has 9 fully saturated rings. The van der Waals surface area contributed by atoms with Crippen molar-refractivity contribution in [2.75, 3.05) is 0 Å². The van der Waals surface area contributed by atoms with Crippen LogP contribution in [-0.4, -0.2) is 79.2 Å². The summed E-state index contributed by atoms with van der Waals surface area (Å²) in [5.41, 5.74) is 5.78. The van der Waals surface area contributed by atoms with Crippen LogP contribution in [-0.2, 0) is 17.1 Å². The average Bonchev–Trinajstić information content (AvgIpc) is 4.44. The van der Waals surface area contributed by atoms with Gasteiger partial charge in [-0.2, -0.15) is 0 Å². The Morgan fingerprint density at radius 1 is 0.259 bits per heavy atom. The molecule has 0 amide bonds. The first-order valence-electron chi connectivity index (χ1n) is 30.8. The van der Waals surface area contributed by atoms with E-state index in [1.54, 1.807) is 0 Å². The summed E-state index contributed by atoms with van der Waals surface area (Å²) in [6.45, 7) is 0. The van der Waals surface area contributed by atoms with Crippen molar-refractivity contribution >= 4 is 44.1 Å². The fourth-order valence-electron chi connectivity index (χ4n) is 17.4. The molecule has 3 aromatic heterocycles. The minimum Gasteiger partial charge on any atom is -0.357 e. The molecule has 18 rings (SSSR count). The summed E-state index contributed by atoms with van der Waals surface area (Å²) in [6.07, 6.45) is 25.6. The number of hydrogen-bond donors (Lipinski definition) is 8. The van der Waals surface area contributed by atoms with Crippen molar-refractivity contribution in [3.8, 4) is 45.6 Å². The quantitative estimate of drug-likeness (QED) is 0.0670. The fourth-order valence-corrected chi connectivity index (χ4v) is 17.4. The summed E-state index contributed by atoms with van der Waals surface area (Å²) < 4.78 is 0. The molecule has 4 aliphatic carbocycles. The normalized spacial score (nSPS) is 34.4. The molecular formula is C64H72CuN16. The van der Waals surface area contributed by atoms with Crippen molar-refractivity contribution in [1.82, 2.24) is 82.4 Å². The maximum atomic E-state index is 4.95. The number of hydrogen-bond acceptors (Lipinski definition) is 14. The van der Waals surface area contributed by atoms with Gasteiger partial charge in [0.05, 0.1) is 72.6 Å². The molecule has 8 unspecified atom stereocenters. The van der Waals surface area contributed by atoms with E-state index in [1.807, 2.05) is 97.1 Å². The van der Waals surface area contributed by atoms with Gasteiger partial charge in [0, 0.05) is 44.8 Å². The largest absolute Gasteiger partial charge is 2.00 e. The third-order valence-corrected chi connectivity index (χ3v) is 21.1. The van der Waals surface area contributed by atoms with Crippen molar-refractivity contribution in [3.63, 3.8) is 0 Å². The molecule has 1 radical (unpaired) electrons. The number of benzene rings is 4. The second-order valence-corrected chi connectivity index (χ2v) is 25.3. The first kappa shape index (κ1) is 51.1. The predicted molar refractivity (Wildman–Crippen MR) is 311 cm³/mol. The molecule has 5 saturated heterocycles. The molecule has 8 N–H and O–H groups in total. The Morgan fingerprint density at radius 3 is 0.642 bits per heavy atom. The second kappa shape index (κ2) is 20.9. The Bertz CT molecular complexity index is 3170. The van der Waals surface area contributed by atoms with Gasteiger partial charge in [-0.05, 0) is 120 Å². The molecule has 81 heavy (non-hydrogen) atoms. The third-order valence-electron chi connectivity index (χ3n) is 21.1. The summed E-state index contributed by atoms with van der Waals surface area (Å²) in [5, 5.41) is 37.4. The van der Waals surface area contributed by atoms with Gasteiger partial charge in [0.25, 0.3) is 0 Å². The molecule has 16 bridgehead atoms. The minimum absolute atomic E-state index is 0. The van der Waals surface area contributed by atoms with Crippen LogP contribution in [0.2, 0.25) is 0 Å². The SMILES string of the molecule is C1CCC2C3NC(NC4NC(NC5NC(NC6NC(N3)C3CCCCC63)C3CCCCC53)C3CCCCC43)C2C1.[Cu+2].c1ccc2c(c1)-c1nc-2nc2[n-]c(nc3nc(nc4[n-]c(n1)c1ccccc41)-c1ccccc1-3)c1ccccc21. The van der Waals surface area contributed by atoms with E-state index in [9.17, 15) is 0 Å². The van der Waals surface area contributed by atoms with Crippen LogP contribution in [0.3, 0.4) is 0 Å². The molecule has 4 aromatic carbocycles. The van der Waals surface area contributed by atoms with Gasteiger partial charge in [0.2, 0.25) is 0 Å². The maximum absolute atomic E-state index is 4.95. The Hall–Kier alpha value is -5.56. The summed E-state index contributed by atoms with van der Waals surface area (Å²) in [6, 6.07) is 31.8. The van der Waals surface area contributed by atoms with E-state index < -0.39 is 0 Å². The number of fused-ring (bicyclic) bond motifs is 40. The van der Waals surface area contributed by atoms with E-state index in [2.05, 4.69) is 42.5 Å². The van der Waals surface area contributed by atoms with E-state index in [-0.39, 0.29) is 17.1 Å². The zero-order valence-corrected chi connectivity index (χ0v) is 46.6. The molecule has 8 atom stereocenters. The molecule has 419 valence electrons. The molecule has 16 nitrogen and oxygen atoms in total. The van der Waals surface area contributed by atoms with Crippen molar-refractivity contribution in [2.24, 2.45) is 47.3 Å². The van der Waals surface area contributed by atoms with E-state index in [0.717, 1.165) is 91.1 Å². The first-order chi connectivity index (χ1) is 39.6. The Kier molecular flexibility index (Phi) is 13.2. The van der Waals surface area contributed by atoms with Gasteiger partial charge in [-0.15, -0.1) is 0 Å². The summed E-state index contributed by atoms with van der Waals surface area (Å²) >= 11 is 0. The minimum atomic E-state index is 0. The molecule has 17 heteroatoms. The van der Waals surface area contributed by atoms with Crippen LogP contribution in [0.5, 0.6) is 0 Å². The zero-order chi connectivity index (χ0) is 52.4. The first-order valence-corrected chi connectivity index (χ1v) is 30.8. The van der Waals surface area contributed by atoms with Gasteiger partial charge in [0.15, 0.2) is 0 Å². The number of nitrogens with one attached hydrogen (secondary N) is 8. The Morgan fingerprint density at radius 2 is 0.444 bits per heavy atom. The molecule has 7 aromatic rings. The zero-order valence-electron chi connectivity index (χ0n) is 45.7. The molecule has 11 aliphatic rings. The average molecular weight is 1130 g/mol. The smallest absolute Gasteiger partial charge is 0.357 e. The van der Waals surface area contributed by atoms with Crippen LogP contribution < -0.4 is 52.5 Å².